The highest BCUT2D eigenvalue weighted by Crippen LogP contribution is 2.23. The average Bonchev–Trinajstić information content (AvgIpc) is 1.68. The van der Waals surface area contributed by atoms with E-state index in [0.717, 1.165) is 0 Å². The van der Waals surface area contributed by atoms with Crippen molar-refractivity contribution in [3.8, 4) is 0 Å². The van der Waals surface area contributed by atoms with Crippen LogP contribution in [0, 0.1) is 0 Å². The predicted molar refractivity (Wildman–Crippen MR) is 417 cm³/mol. The van der Waals surface area contributed by atoms with Gasteiger partial charge in [-0.2, -0.15) is 0 Å². The van der Waals surface area contributed by atoms with Crippen LogP contribution in [0.4, 0.5) is 28.8 Å². The van der Waals surface area contributed by atoms with Gasteiger partial charge in [-0.05, 0) is 72.7 Å². The SMILES string of the molecule is CCCC(=O)c1cc(CC(=O)c2nc(CC(=O)c3nc(CC(=O)CCCC(=O)c4cc(CC(=O)c5nc(NC(=O)CCCCCNC(=O)c6cc(NC(=O)c7nc(NC(=O)CCNC(=O)c8cc(NC(=O)c9cc(CC(=O)c%10nc(NC(C)=O)cn%10C)cn9C)cn8C)cn7C)cn6C)cn5C)cn4C)cn3C)cn2C)cn1C. The maximum atomic E-state index is 13.5. The second-order valence-electron chi connectivity index (χ2n) is 28.3. The first-order valence-electron chi connectivity index (χ1n) is 36.9. The Morgan fingerprint density at radius 1 is 0.307 bits per heavy atom. The smallest absolute Gasteiger partial charge is 0.291 e. The summed E-state index contributed by atoms with van der Waals surface area (Å²) in [5, 5.41) is 19.0. The number of rotatable bonds is 40. The Bertz CT molecular complexity index is 5430. The van der Waals surface area contributed by atoms with Gasteiger partial charge in [-0.25, -0.2) is 24.9 Å². The Hall–Kier alpha value is -13.6. The summed E-state index contributed by atoms with van der Waals surface area (Å²) in [6.07, 6.45) is 18.7. The lowest BCUT2D eigenvalue weighted by Crippen LogP contribution is -2.29. The van der Waals surface area contributed by atoms with Crippen molar-refractivity contribution >= 4 is 111 Å². The Balaban J connectivity index is 0.583. The van der Waals surface area contributed by atoms with Gasteiger partial charge in [-0.1, -0.05) is 13.3 Å². The summed E-state index contributed by atoms with van der Waals surface area (Å²) in [6, 6.07) is 7.90. The molecule has 10 aromatic heterocycles. The number of aromatic nitrogens is 15. The fraction of sp³-hybridized carbons (Fsp3) is 0.372. The fourth-order valence-electron chi connectivity index (χ4n) is 13.2. The molecule has 36 nitrogen and oxygen atoms in total. The molecule has 0 unspecified atom stereocenters. The third kappa shape index (κ3) is 21.1. The zero-order valence-corrected chi connectivity index (χ0v) is 65.6. The second-order valence-corrected chi connectivity index (χ2v) is 28.3. The summed E-state index contributed by atoms with van der Waals surface area (Å²) < 4.78 is 15.5. The number of Topliss-reactive ketones (excluding diaryl/α,β-unsaturated/α-hetero) is 7. The van der Waals surface area contributed by atoms with Gasteiger partial charge in [0.2, 0.25) is 46.7 Å². The Morgan fingerprint density at radius 3 is 1.21 bits per heavy atom. The van der Waals surface area contributed by atoms with E-state index in [1.54, 1.807) is 159 Å². The van der Waals surface area contributed by atoms with Crippen LogP contribution in [0.25, 0.3) is 0 Å². The number of aryl methyl sites for hydroxylation is 10. The van der Waals surface area contributed by atoms with E-state index in [-0.39, 0.29) is 187 Å². The topological polar surface area (TPSA) is 437 Å². The second kappa shape index (κ2) is 36.5. The van der Waals surface area contributed by atoms with Crippen LogP contribution in [0.15, 0.2) is 92.3 Å². The molecule has 7 amide bonds. The number of amides is 7. The molecule has 0 aliphatic rings. The average molecular weight is 1560 g/mol. The van der Waals surface area contributed by atoms with Crippen LogP contribution < -0.4 is 37.2 Å². The summed E-state index contributed by atoms with van der Waals surface area (Å²) in [5.41, 5.74) is 4.78. The Kier molecular flexibility index (Phi) is 26.6. The van der Waals surface area contributed by atoms with Crippen molar-refractivity contribution in [2.24, 2.45) is 70.5 Å². The van der Waals surface area contributed by atoms with Gasteiger partial charge in [-0.15, -0.1) is 0 Å². The normalized spacial score (nSPS) is 11.2. The molecule has 7 N–H and O–H groups in total. The third-order valence-corrected chi connectivity index (χ3v) is 18.7. The molecule has 10 aromatic rings. The minimum atomic E-state index is -0.627. The van der Waals surface area contributed by atoms with Gasteiger partial charge in [0.05, 0.1) is 47.0 Å². The van der Waals surface area contributed by atoms with Crippen molar-refractivity contribution in [3.05, 3.63) is 178 Å². The number of imidazole rings is 5. The predicted octanol–water partition coefficient (Wildman–Crippen LogP) is 6.05. The van der Waals surface area contributed by atoms with Gasteiger partial charge >= 0.3 is 0 Å². The number of carbonyl (C=O) groups excluding carboxylic acids is 14. The number of carbonyl (C=O) groups is 14. The van der Waals surface area contributed by atoms with E-state index in [1.807, 2.05) is 6.92 Å². The minimum Gasteiger partial charge on any atom is -0.351 e. The van der Waals surface area contributed by atoms with E-state index in [9.17, 15) is 67.1 Å². The number of nitrogens with zero attached hydrogens (tertiary/aromatic N) is 15. The standard InChI is InChI=1S/C78H92N22O14/c1-13-18-59(103)54-25-46(35-91(54)3)28-61(105)70-83-52(41-97(70)9)34-64(108)71-82-49(40-96(71)8)31-53(102)19-17-20-60(104)55-26-47(36-92(55)4)29-62(106)73-89-66(43-99(73)11)86-68(109)21-15-14-16-23-79-75(111)57-33-51(39-95(57)7)85-78(114)74-90-67(44-100(74)12)87-69(110)22-24-80-76(112)58-32-50(38-94(58)6)84-77(113)56-27-48(37-93(56)5)30-63(107)72-88-65(42-98(72)10)81-45(2)101/h25-27,32-33,35-44H,13-24,28-31,34H2,1-12H3,(H,79,111)(H,80,112)(H,81,101)(H,84,113)(H,85,114)(H,86,109)(H,87,110). The van der Waals surface area contributed by atoms with Crippen LogP contribution in [-0.4, -0.2) is 166 Å². The quantitative estimate of drug-likeness (QED) is 0.0170. The lowest BCUT2D eigenvalue weighted by molar-refractivity contribution is -0.119. The summed E-state index contributed by atoms with van der Waals surface area (Å²) in [5.74, 6) is -3.91. The summed E-state index contributed by atoms with van der Waals surface area (Å²) >= 11 is 0. The highest BCUT2D eigenvalue weighted by atomic mass is 16.2. The first kappa shape index (κ1) is 82.9. The summed E-state index contributed by atoms with van der Waals surface area (Å²) in [6.45, 7) is 3.48. The number of unbranched alkanes of at least 4 members (excludes halogenated alkanes) is 2. The molecule has 0 bridgehead atoms. The van der Waals surface area contributed by atoms with Crippen LogP contribution in [0.1, 0.15) is 212 Å². The number of ketones is 7. The van der Waals surface area contributed by atoms with Crippen LogP contribution in [0.5, 0.6) is 0 Å². The van der Waals surface area contributed by atoms with Crippen LogP contribution in [0.3, 0.4) is 0 Å². The maximum absolute atomic E-state index is 13.5. The zero-order chi connectivity index (χ0) is 82.5. The van der Waals surface area contributed by atoms with Gasteiger partial charge in [-0.3, -0.25) is 67.1 Å². The molecule has 0 radical (unpaired) electrons. The van der Waals surface area contributed by atoms with Crippen LogP contribution >= 0.6 is 0 Å². The van der Waals surface area contributed by atoms with Gasteiger partial charge < -0.3 is 82.9 Å². The molecule has 10 heterocycles. The lowest BCUT2D eigenvalue weighted by Gasteiger charge is -2.06. The first-order chi connectivity index (χ1) is 54.2. The van der Waals surface area contributed by atoms with Crippen molar-refractivity contribution in [3.63, 3.8) is 0 Å². The summed E-state index contributed by atoms with van der Waals surface area (Å²) in [4.78, 5) is 205. The van der Waals surface area contributed by atoms with Gasteiger partial charge in [0.1, 0.15) is 22.9 Å². The lowest BCUT2D eigenvalue weighted by atomic mass is 10.1. The van der Waals surface area contributed by atoms with E-state index in [0.29, 0.717) is 89.5 Å². The molecule has 10 rings (SSSR count). The molecular formula is C78H92N22O14. The molecule has 0 spiro atoms. The third-order valence-electron chi connectivity index (χ3n) is 18.7. The molecule has 598 valence electrons. The molecule has 0 fully saturated rings. The molecule has 114 heavy (non-hydrogen) atoms. The van der Waals surface area contributed by atoms with Crippen molar-refractivity contribution in [2.45, 2.75) is 110 Å². The van der Waals surface area contributed by atoms with E-state index < -0.39 is 29.5 Å². The van der Waals surface area contributed by atoms with Crippen molar-refractivity contribution in [1.82, 2.24) is 81.2 Å². The Labute approximate surface area is 654 Å². The minimum absolute atomic E-state index is 0.00367. The number of hydrogen-bond donors (Lipinski definition) is 7. The van der Waals surface area contributed by atoms with Crippen molar-refractivity contribution < 1.29 is 67.1 Å². The fourth-order valence-corrected chi connectivity index (χ4v) is 13.2. The zero-order valence-electron chi connectivity index (χ0n) is 65.6. The number of hydrogen-bond acceptors (Lipinski definition) is 19. The Morgan fingerprint density at radius 2 is 0.702 bits per heavy atom. The van der Waals surface area contributed by atoms with E-state index in [4.69, 9.17) is 0 Å². The molecular weight excluding hydrogens is 1470 g/mol. The van der Waals surface area contributed by atoms with E-state index in [1.165, 1.54) is 55.9 Å². The van der Waals surface area contributed by atoms with Gasteiger partial charge in [0.15, 0.2) is 52.3 Å². The van der Waals surface area contributed by atoms with Crippen LogP contribution in [-0.2, 0) is 122 Å². The molecule has 0 saturated heterocycles. The number of anilines is 5. The van der Waals surface area contributed by atoms with Crippen molar-refractivity contribution in [1.29, 1.82) is 0 Å². The molecule has 0 saturated carbocycles. The molecule has 0 atom stereocenters. The molecule has 0 aromatic carbocycles. The number of nitrogens with one attached hydrogen (secondary N) is 7. The largest absolute Gasteiger partial charge is 0.351 e. The van der Waals surface area contributed by atoms with Crippen molar-refractivity contribution in [2.75, 3.05) is 39.7 Å². The highest BCUT2D eigenvalue weighted by Gasteiger charge is 2.27. The van der Waals surface area contributed by atoms with Gasteiger partial charge in [0.25, 0.3) is 23.6 Å². The molecule has 36 heteroatoms. The first-order valence-corrected chi connectivity index (χ1v) is 36.9. The molecule has 0 aliphatic heterocycles. The van der Waals surface area contributed by atoms with E-state index in [2.05, 4.69) is 62.1 Å². The highest BCUT2D eigenvalue weighted by molar-refractivity contribution is 6.06. The molecule has 0 aliphatic carbocycles. The van der Waals surface area contributed by atoms with E-state index >= 15 is 0 Å². The van der Waals surface area contributed by atoms with Gasteiger partial charge in [0, 0.05) is 204 Å². The van der Waals surface area contributed by atoms with Crippen LogP contribution in [0.2, 0.25) is 0 Å². The maximum Gasteiger partial charge on any atom is 0.291 e. The monoisotopic (exact) mass is 1560 g/mol. The summed E-state index contributed by atoms with van der Waals surface area (Å²) in [7, 11) is 16.5.